The lowest BCUT2D eigenvalue weighted by Gasteiger charge is -2.08. The highest BCUT2D eigenvalue weighted by Crippen LogP contribution is 2.20. The summed E-state index contributed by atoms with van der Waals surface area (Å²) >= 11 is 0. The number of benzene rings is 2. The van der Waals surface area contributed by atoms with Crippen molar-refractivity contribution in [1.29, 1.82) is 0 Å². The fraction of sp³-hybridized carbons (Fsp3) is 0.0769. The number of hydrogen-bond acceptors (Lipinski definition) is 6. The molecule has 0 saturated carbocycles. The highest BCUT2D eigenvalue weighted by Gasteiger charge is 2.15. The zero-order valence-corrected chi connectivity index (χ0v) is 12.4. The Morgan fingerprint density at radius 2 is 1.48 bits per heavy atom. The van der Waals surface area contributed by atoms with Crippen LogP contribution in [0.2, 0.25) is 0 Å². The van der Waals surface area contributed by atoms with Gasteiger partial charge in [-0.3, -0.25) is 25.0 Å². The van der Waals surface area contributed by atoms with Crippen molar-refractivity contribution in [1.82, 2.24) is 0 Å². The van der Waals surface area contributed by atoms with Crippen LogP contribution >= 0.6 is 0 Å². The molecule has 2 aromatic carbocycles. The van der Waals surface area contributed by atoms with Crippen LogP contribution in [0.15, 0.2) is 48.5 Å². The lowest BCUT2D eigenvalue weighted by Crippen LogP contribution is -2.15. The summed E-state index contributed by atoms with van der Waals surface area (Å²) in [5.74, 6) is -0.489. The standard InChI is InChI=1S/C13H11N3O6S/c17-15(18)12-5-1-3-10(7-12)9-23(21,22)14-11-4-2-6-13(8-11)16(19)20/h1-8,14H,9H2. The van der Waals surface area contributed by atoms with Gasteiger partial charge in [-0.05, 0) is 11.6 Å². The summed E-state index contributed by atoms with van der Waals surface area (Å²) < 4.78 is 26.4. The summed E-state index contributed by atoms with van der Waals surface area (Å²) in [5.41, 5.74) is -0.185. The van der Waals surface area contributed by atoms with Gasteiger partial charge in [0.2, 0.25) is 10.0 Å². The van der Waals surface area contributed by atoms with Crippen LogP contribution in [0.3, 0.4) is 0 Å². The average Bonchev–Trinajstić information content (AvgIpc) is 2.46. The second-order valence-electron chi connectivity index (χ2n) is 4.60. The molecule has 0 saturated heterocycles. The Morgan fingerprint density at radius 1 is 0.913 bits per heavy atom. The van der Waals surface area contributed by atoms with Gasteiger partial charge in [0, 0.05) is 24.3 Å². The van der Waals surface area contributed by atoms with Gasteiger partial charge in [0.1, 0.15) is 0 Å². The first-order valence-electron chi connectivity index (χ1n) is 6.25. The van der Waals surface area contributed by atoms with E-state index in [4.69, 9.17) is 0 Å². The van der Waals surface area contributed by atoms with E-state index in [-0.39, 0.29) is 22.6 Å². The van der Waals surface area contributed by atoms with E-state index in [1.165, 1.54) is 36.4 Å². The zero-order valence-electron chi connectivity index (χ0n) is 11.6. The minimum absolute atomic E-state index is 0.0460. The Labute approximate surface area is 130 Å². The van der Waals surface area contributed by atoms with E-state index in [0.717, 1.165) is 12.1 Å². The number of nitro benzene ring substituents is 2. The highest BCUT2D eigenvalue weighted by molar-refractivity contribution is 7.91. The quantitative estimate of drug-likeness (QED) is 0.636. The summed E-state index contributed by atoms with van der Waals surface area (Å²) in [6.45, 7) is 0. The predicted octanol–water partition coefficient (Wildman–Crippen LogP) is 2.44. The molecule has 10 heteroatoms. The van der Waals surface area contributed by atoms with Crippen molar-refractivity contribution >= 4 is 27.1 Å². The fourth-order valence-electron chi connectivity index (χ4n) is 1.88. The smallest absolute Gasteiger partial charge is 0.271 e. The Bertz CT molecular complexity index is 800. The summed E-state index contributed by atoms with van der Waals surface area (Å²) in [6, 6.07) is 10.3. The summed E-state index contributed by atoms with van der Waals surface area (Å²) in [6.07, 6.45) is 0. The number of nitrogens with one attached hydrogen (secondary N) is 1. The average molecular weight is 337 g/mol. The van der Waals surface area contributed by atoms with Gasteiger partial charge in [-0.2, -0.15) is 0 Å². The van der Waals surface area contributed by atoms with E-state index in [1.54, 1.807) is 0 Å². The number of nitro groups is 2. The monoisotopic (exact) mass is 337 g/mol. The lowest BCUT2D eigenvalue weighted by molar-refractivity contribution is -0.385. The van der Waals surface area contributed by atoms with Crippen LogP contribution in [0.1, 0.15) is 5.56 Å². The second-order valence-corrected chi connectivity index (χ2v) is 6.32. The Hall–Kier alpha value is -3.01. The zero-order chi connectivity index (χ0) is 17.0. The molecule has 0 radical (unpaired) electrons. The Morgan fingerprint density at radius 3 is 2.09 bits per heavy atom. The van der Waals surface area contributed by atoms with E-state index in [0.29, 0.717) is 0 Å². The SMILES string of the molecule is O=[N+]([O-])c1cccc(CS(=O)(=O)Nc2cccc([N+](=O)[O-])c2)c1. The van der Waals surface area contributed by atoms with Gasteiger partial charge in [-0.25, -0.2) is 8.42 Å². The van der Waals surface area contributed by atoms with Crippen LogP contribution in [0.4, 0.5) is 17.1 Å². The molecule has 0 bridgehead atoms. The lowest BCUT2D eigenvalue weighted by atomic mass is 10.2. The van der Waals surface area contributed by atoms with E-state index in [9.17, 15) is 28.6 Å². The van der Waals surface area contributed by atoms with Crippen molar-refractivity contribution in [3.05, 3.63) is 74.3 Å². The third-order valence-electron chi connectivity index (χ3n) is 2.81. The minimum atomic E-state index is -3.87. The molecule has 0 aliphatic heterocycles. The number of hydrogen-bond donors (Lipinski definition) is 1. The maximum atomic E-state index is 12.1. The first-order valence-corrected chi connectivity index (χ1v) is 7.90. The molecule has 0 aromatic heterocycles. The van der Waals surface area contributed by atoms with Gasteiger partial charge in [0.15, 0.2) is 0 Å². The van der Waals surface area contributed by atoms with Gasteiger partial charge in [0.25, 0.3) is 11.4 Å². The normalized spacial score (nSPS) is 11.0. The molecule has 0 unspecified atom stereocenters. The highest BCUT2D eigenvalue weighted by atomic mass is 32.2. The maximum Gasteiger partial charge on any atom is 0.271 e. The Balaban J connectivity index is 2.19. The number of anilines is 1. The van der Waals surface area contributed by atoms with Crippen molar-refractivity contribution in [3.8, 4) is 0 Å². The summed E-state index contributed by atoms with van der Waals surface area (Å²) in [5, 5.41) is 21.4. The van der Waals surface area contributed by atoms with Crippen LogP contribution in [0.25, 0.3) is 0 Å². The largest absolute Gasteiger partial charge is 0.283 e. The third-order valence-corrected chi connectivity index (χ3v) is 4.07. The van der Waals surface area contributed by atoms with Crippen molar-refractivity contribution in [2.75, 3.05) is 4.72 Å². The van der Waals surface area contributed by atoms with Crippen molar-refractivity contribution in [3.63, 3.8) is 0 Å². The van der Waals surface area contributed by atoms with E-state index < -0.39 is 25.6 Å². The van der Waals surface area contributed by atoms with E-state index in [2.05, 4.69) is 4.72 Å². The van der Waals surface area contributed by atoms with Gasteiger partial charge in [-0.1, -0.05) is 18.2 Å². The first kappa shape index (κ1) is 16.4. The molecule has 2 rings (SSSR count). The molecular formula is C13H11N3O6S. The topological polar surface area (TPSA) is 132 Å². The Kier molecular flexibility index (Phi) is 4.55. The maximum absolute atomic E-state index is 12.1. The predicted molar refractivity (Wildman–Crippen MR) is 82.4 cm³/mol. The van der Waals surface area contributed by atoms with Crippen LogP contribution in [-0.4, -0.2) is 18.3 Å². The van der Waals surface area contributed by atoms with Gasteiger partial charge in [0.05, 0.1) is 21.3 Å². The number of rotatable bonds is 6. The molecule has 0 spiro atoms. The molecule has 0 aliphatic rings. The molecule has 0 heterocycles. The van der Waals surface area contributed by atoms with E-state index >= 15 is 0 Å². The van der Waals surface area contributed by atoms with Crippen LogP contribution in [0.5, 0.6) is 0 Å². The molecule has 9 nitrogen and oxygen atoms in total. The molecule has 0 aliphatic carbocycles. The number of sulfonamides is 1. The number of nitrogens with zero attached hydrogens (tertiary/aromatic N) is 2. The molecule has 23 heavy (non-hydrogen) atoms. The molecule has 0 atom stereocenters. The summed E-state index contributed by atoms with van der Waals surface area (Å²) in [7, 11) is -3.87. The summed E-state index contributed by atoms with van der Waals surface area (Å²) in [4.78, 5) is 20.1. The van der Waals surface area contributed by atoms with Crippen LogP contribution in [-0.2, 0) is 15.8 Å². The van der Waals surface area contributed by atoms with Gasteiger partial charge in [-0.15, -0.1) is 0 Å². The third kappa shape index (κ3) is 4.48. The molecule has 0 amide bonds. The van der Waals surface area contributed by atoms with E-state index in [1.807, 2.05) is 0 Å². The van der Waals surface area contributed by atoms with Gasteiger partial charge < -0.3 is 0 Å². The van der Waals surface area contributed by atoms with Crippen molar-refractivity contribution < 1.29 is 18.3 Å². The first-order chi connectivity index (χ1) is 10.8. The van der Waals surface area contributed by atoms with Crippen molar-refractivity contribution in [2.24, 2.45) is 0 Å². The molecule has 0 fully saturated rings. The van der Waals surface area contributed by atoms with Crippen molar-refractivity contribution in [2.45, 2.75) is 5.75 Å². The second kappa shape index (κ2) is 6.40. The fourth-order valence-corrected chi connectivity index (χ4v) is 3.05. The molecular weight excluding hydrogens is 326 g/mol. The molecule has 1 N–H and O–H groups in total. The van der Waals surface area contributed by atoms with Gasteiger partial charge >= 0.3 is 0 Å². The molecule has 120 valence electrons. The van der Waals surface area contributed by atoms with Crippen LogP contribution in [0, 0.1) is 20.2 Å². The molecule has 2 aromatic rings. The van der Waals surface area contributed by atoms with Crippen LogP contribution < -0.4 is 4.72 Å². The minimum Gasteiger partial charge on any atom is -0.283 e. The number of non-ortho nitro benzene ring substituents is 2.